The Labute approximate surface area is 187 Å². The molecule has 3 aromatic carbocycles. The minimum absolute atomic E-state index is 0.202. The molecule has 1 amide bonds. The summed E-state index contributed by atoms with van der Waals surface area (Å²) in [6.07, 6.45) is 0. The van der Waals surface area contributed by atoms with E-state index >= 15 is 0 Å². The van der Waals surface area contributed by atoms with Gasteiger partial charge in [-0.25, -0.2) is 0 Å². The van der Waals surface area contributed by atoms with Gasteiger partial charge >= 0.3 is 0 Å². The fourth-order valence-electron chi connectivity index (χ4n) is 3.13. The summed E-state index contributed by atoms with van der Waals surface area (Å²) in [5.74, 6) is 0.427. The maximum Gasteiger partial charge on any atom is 0.291 e. The quantitative estimate of drug-likeness (QED) is 0.353. The molecule has 0 saturated carbocycles. The van der Waals surface area contributed by atoms with Crippen LogP contribution >= 0.6 is 23.2 Å². The van der Waals surface area contributed by atoms with Crippen molar-refractivity contribution in [3.8, 4) is 17.0 Å². The van der Waals surface area contributed by atoms with Crippen LogP contribution in [-0.4, -0.2) is 20.9 Å². The summed E-state index contributed by atoms with van der Waals surface area (Å²) >= 11 is 12.0. The molecule has 0 aliphatic heterocycles. The van der Waals surface area contributed by atoms with Crippen molar-refractivity contribution in [2.75, 3.05) is 5.32 Å². The zero-order valence-electron chi connectivity index (χ0n) is 15.9. The molecule has 1 N–H and O–H groups in total. The van der Waals surface area contributed by atoms with Crippen LogP contribution in [0, 0.1) is 0 Å². The molecular weight excluding hydrogens is 435 g/mol. The van der Waals surface area contributed by atoms with Crippen molar-refractivity contribution in [3.63, 3.8) is 0 Å². The second kappa shape index (κ2) is 7.91. The first-order chi connectivity index (χ1) is 15.0. The summed E-state index contributed by atoms with van der Waals surface area (Å²) in [6, 6.07) is 23.2. The molecule has 2 aromatic heterocycles. The third-order valence-electron chi connectivity index (χ3n) is 4.64. The minimum Gasteiger partial charge on any atom is -0.451 e. The standard InChI is InChI=1S/C23H14Cl2N4O2/c24-15-6-4-14(5-7-15)21-10-11-22(31-21)23(30)26-17-8-9-19-20(13-17)28-29(27-19)18-3-1-2-16(25)12-18/h1-13H,(H,26,30). The number of nitrogens with zero attached hydrogens (tertiary/aromatic N) is 3. The molecule has 0 spiro atoms. The highest BCUT2D eigenvalue weighted by Gasteiger charge is 2.14. The van der Waals surface area contributed by atoms with Crippen molar-refractivity contribution in [2.45, 2.75) is 0 Å². The molecule has 0 atom stereocenters. The molecule has 152 valence electrons. The van der Waals surface area contributed by atoms with Crippen LogP contribution in [0.15, 0.2) is 83.3 Å². The van der Waals surface area contributed by atoms with Crippen LogP contribution < -0.4 is 5.32 Å². The molecule has 6 nitrogen and oxygen atoms in total. The number of carbonyl (C=O) groups excluding carboxylic acids is 1. The van der Waals surface area contributed by atoms with Crippen molar-refractivity contribution in [3.05, 3.63) is 94.7 Å². The van der Waals surface area contributed by atoms with E-state index in [0.717, 1.165) is 11.3 Å². The number of fused-ring (bicyclic) bond motifs is 1. The third-order valence-corrected chi connectivity index (χ3v) is 5.12. The molecule has 5 rings (SSSR count). The number of benzene rings is 3. The largest absolute Gasteiger partial charge is 0.451 e. The van der Waals surface area contributed by atoms with Gasteiger partial charge in [0.15, 0.2) is 5.76 Å². The fourth-order valence-corrected chi connectivity index (χ4v) is 3.44. The highest BCUT2D eigenvalue weighted by Crippen LogP contribution is 2.25. The predicted molar refractivity (Wildman–Crippen MR) is 121 cm³/mol. The van der Waals surface area contributed by atoms with E-state index < -0.39 is 0 Å². The lowest BCUT2D eigenvalue weighted by molar-refractivity contribution is 0.0997. The molecule has 0 saturated heterocycles. The van der Waals surface area contributed by atoms with E-state index in [1.807, 2.05) is 24.3 Å². The predicted octanol–water partition coefficient (Wildman–Crippen LogP) is 6.24. The molecule has 0 aliphatic carbocycles. The second-order valence-electron chi connectivity index (χ2n) is 6.80. The number of anilines is 1. The normalized spacial score (nSPS) is 11.0. The summed E-state index contributed by atoms with van der Waals surface area (Å²) in [4.78, 5) is 14.1. The van der Waals surface area contributed by atoms with Gasteiger partial charge in [-0.2, -0.15) is 4.80 Å². The molecule has 5 aromatic rings. The van der Waals surface area contributed by atoms with Crippen LogP contribution in [0.3, 0.4) is 0 Å². The zero-order chi connectivity index (χ0) is 21.4. The second-order valence-corrected chi connectivity index (χ2v) is 7.67. The zero-order valence-corrected chi connectivity index (χ0v) is 17.4. The van der Waals surface area contributed by atoms with Gasteiger partial charge in [0.1, 0.15) is 16.8 Å². The monoisotopic (exact) mass is 448 g/mol. The van der Waals surface area contributed by atoms with Gasteiger partial charge in [0.2, 0.25) is 0 Å². The Kier molecular flexibility index (Phi) is 4.94. The summed E-state index contributed by atoms with van der Waals surface area (Å²) in [6.45, 7) is 0. The van der Waals surface area contributed by atoms with Crippen LogP contribution in [0.1, 0.15) is 10.6 Å². The van der Waals surface area contributed by atoms with E-state index in [0.29, 0.717) is 32.5 Å². The van der Waals surface area contributed by atoms with Crippen LogP contribution in [0.2, 0.25) is 10.0 Å². The lowest BCUT2D eigenvalue weighted by Gasteiger charge is -2.02. The van der Waals surface area contributed by atoms with Crippen LogP contribution in [0.5, 0.6) is 0 Å². The van der Waals surface area contributed by atoms with Crippen LogP contribution in [0.4, 0.5) is 5.69 Å². The van der Waals surface area contributed by atoms with E-state index in [1.165, 1.54) is 4.80 Å². The first-order valence-electron chi connectivity index (χ1n) is 9.35. The van der Waals surface area contributed by atoms with E-state index in [-0.39, 0.29) is 11.7 Å². The summed E-state index contributed by atoms with van der Waals surface area (Å²) < 4.78 is 5.70. The first kappa shape index (κ1) is 19.4. The first-order valence-corrected chi connectivity index (χ1v) is 10.1. The van der Waals surface area contributed by atoms with Crippen molar-refractivity contribution >= 4 is 45.8 Å². The molecule has 8 heteroatoms. The molecule has 0 aliphatic rings. The number of carbonyl (C=O) groups is 1. The number of nitrogens with one attached hydrogen (secondary N) is 1. The van der Waals surface area contributed by atoms with Crippen molar-refractivity contribution < 1.29 is 9.21 Å². The van der Waals surface area contributed by atoms with Crippen molar-refractivity contribution in [2.24, 2.45) is 0 Å². The Morgan fingerprint density at radius 2 is 1.65 bits per heavy atom. The lowest BCUT2D eigenvalue weighted by atomic mass is 10.2. The number of furan rings is 1. The number of hydrogen-bond acceptors (Lipinski definition) is 4. The molecule has 0 bridgehead atoms. The van der Waals surface area contributed by atoms with Gasteiger partial charge in [-0.05, 0) is 72.8 Å². The Balaban J connectivity index is 1.36. The van der Waals surface area contributed by atoms with Gasteiger partial charge in [-0.1, -0.05) is 29.3 Å². The topological polar surface area (TPSA) is 73.0 Å². The number of rotatable bonds is 4. The average molecular weight is 449 g/mol. The smallest absolute Gasteiger partial charge is 0.291 e. The van der Waals surface area contributed by atoms with Crippen molar-refractivity contribution in [1.82, 2.24) is 15.0 Å². The minimum atomic E-state index is -0.359. The van der Waals surface area contributed by atoms with E-state index in [9.17, 15) is 4.79 Å². The SMILES string of the molecule is O=C(Nc1ccc2nn(-c3cccc(Cl)c3)nc2c1)c1ccc(-c2ccc(Cl)cc2)o1. The van der Waals surface area contributed by atoms with Gasteiger partial charge in [-0.3, -0.25) is 4.79 Å². The Morgan fingerprint density at radius 3 is 2.45 bits per heavy atom. The number of amides is 1. The van der Waals surface area contributed by atoms with E-state index in [1.54, 1.807) is 54.6 Å². The maximum atomic E-state index is 12.6. The van der Waals surface area contributed by atoms with E-state index in [4.69, 9.17) is 27.6 Å². The van der Waals surface area contributed by atoms with Crippen molar-refractivity contribution in [1.29, 1.82) is 0 Å². The Morgan fingerprint density at radius 1 is 0.839 bits per heavy atom. The molecule has 31 heavy (non-hydrogen) atoms. The number of hydrogen-bond donors (Lipinski definition) is 1. The van der Waals surface area contributed by atoms with E-state index in [2.05, 4.69) is 15.5 Å². The van der Waals surface area contributed by atoms with Crippen LogP contribution in [0.25, 0.3) is 28.0 Å². The Hall–Kier alpha value is -3.61. The third kappa shape index (κ3) is 4.03. The van der Waals surface area contributed by atoms with Gasteiger partial charge < -0.3 is 9.73 Å². The highest BCUT2D eigenvalue weighted by molar-refractivity contribution is 6.31. The average Bonchev–Trinajstić information content (AvgIpc) is 3.41. The van der Waals surface area contributed by atoms with Gasteiger partial charge in [0.25, 0.3) is 5.91 Å². The van der Waals surface area contributed by atoms with Crippen LogP contribution in [-0.2, 0) is 0 Å². The fraction of sp³-hybridized carbons (Fsp3) is 0. The highest BCUT2D eigenvalue weighted by atomic mass is 35.5. The number of aromatic nitrogens is 3. The van der Waals surface area contributed by atoms with Gasteiger partial charge in [0, 0.05) is 21.3 Å². The molecule has 0 unspecified atom stereocenters. The summed E-state index contributed by atoms with van der Waals surface area (Å²) in [5.41, 5.74) is 3.50. The van der Waals surface area contributed by atoms with Gasteiger partial charge in [0.05, 0.1) is 5.69 Å². The Bertz CT molecular complexity index is 1410. The molecular formula is C23H14Cl2N4O2. The molecule has 0 radical (unpaired) electrons. The maximum absolute atomic E-state index is 12.6. The number of halogens is 2. The summed E-state index contributed by atoms with van der Waals surface area (Å²) in [7, 11) is 0. The lowest BCUT2D eigenvalue weighted by Crippen LogP contribution is -2.10. The molecule has 0 fully saturated rings. The van der Waals surface area contributed by atoms with Gasteiger partial charge in [-0.15, -0.1) is 10.2 Å². The molecule has 2 heterocycles. The summed E-state index contributed by atoms with van der Waals surface area (Å²) in [5, 5.41) is 13.0.